The molecule has 5 nitrogen and oxygen atoms in total. The summed E-state index contributed by atoms with van der Waals surface area (Å²) in [6.07, 6.45) is 5.35. The van der Waals surface area contributed by atoms with Crippen molar-refractivity contribution in [3.05, 3.63) is 47.5 Å². The van der Waals surface area contributed by atoms with Crippen molar-refractivity contribution in [1.29, 1.82) is 0 Å². The number of aryl methyl sites for hydroxylation is 1. The Balaban J connectivity index is 1.44. The first kappa shape index (κ1) is 13.8. The maximum atomic E-state index is 11.8. The van der Waals surface area contributed by atoms with Gasteiger partial charge in [-0.2, -0.15) is 0 Å². The molecule has 2 aromatic heterocycles. The molecule has 0 aliphatic carbocycles. The van der Waals surface area contributed by atoms with E-state index >= 15 is 0 Å². The second kappa shape index (κ2) is 6.49. The molecule has 0 bridgehead atoms. The van der Waals surface area contributed by atoms with Crippen molar-refractivity contribution in [2.45, 2.75) is 19.3 Å². The number of rotatable bonds is 6. The first-order valence-corrected chi connectivity index (χ1v) is 7.71. The van der Waals surface area contributed by atoms with Crippen LogP contribution < -0.4 is 5.32 Å². The van der Waals surface area contributed by atoms with Gasteiger partial charge in [0.25, 0.3) is 0 Å². The summed E-state index contributed by atoms with van der Waals surface area (Å²) in [5, 5.41) is 3.93. The first-order valence-electron chi connectivity index (χ1n) is 6.89. The highest BCUT2D eigenvalue weighted by Crippen LogP contribution is 2.22. The molecule has 1 aromatic carbocycles. The highest BCUT2D eigenvalue weighted by molar-refractivity contribution is 7.18. The van der Waals surface area contributed by atoms with E-state index in [1.165, 1.54) is 4.70 Å². The number of aromatic amines is 1. The summed E-state index contributed by atoms with van der Waals surface area (Å²) < 4.78 is 1.17. The number of hydrogen-bond acceptors (Lipinski definition) is 4. The number of imidazole rings is 1. The molecule has 2 heterocycles. The molecule has 0 aliphatic heterocycles. The lowest BCUT2D eigenvalue weighted by atomic mass is 10.3. The zero-order valence-electron chi connectivity index (χ0n) is 11.5. The molecule has 108 valence electrons. The highest BCUT2D eigenvalue weighted by Gasteiger charge is 2.06. The maximum Gasteiger partial charge on any atom is 0.220 e. The van der Waals surface area contributed by atoms with Gasteiger partial charge >= 0.3 is 0 Å². The molecule has 0 spiro atoms. The number of H-pyrrole nitrogens is 1. The maximum absolute atomic E-state index is 11.8. The number of nitrogens with one attached hydrogen (secondary N) is 2. The third kappa shape index (κ3) is 3.66. The lowest BCUT2D eigenvalue weighted by Crippen LogP contribution is -2.25. The molecule has 0 aliphatic rings. The van der Waals surface area contributed by atoms with Crippen LogP contribution in [0.15, 0.2) is 36.8 Å². The Kier molecular flexibility index (Phi) is 4.25. The molecule has 3 aromatic rings. The van der Waals surface area contributed by atoms with Crippen LogP contribution in [0.25, 0.3) is 10.2 Å². The number of fused-ring (bicyclic) bond motifs is 1. The van der Waals surface area contributed by atoms with Gasteiger partial charge in [-0.25, -0.2) is 9.97 Å². The Morgan fingerprint density at radius 3 is 3.00 bits per heavy atom. The second-order valence-electron chi connectivity index (χ2n) is 4.75. The van der Waals surface area contributed by atoms with E-state index in [-0.39, 0.29) is 5.91 Å². The third-order valence-electron chi connectivity index (χ3n) is 3.18. The van der Waals surface area contributed by atoms with Gasteiger partial charge in [0.2, 0.25) is 5.91 Å². The van der Waals surface area contributed by atoms with Crippen LogP contribution in [0.3, 0.4) is 0 Å². The Labute approximate surface area is 126 Å². The Morgan fingerprint density at radius 2 is 2.19 bits per heavy atom. The Hall–Kier alpha value is -2.21. The van der Waals surface area contributed by atoms with Crippen LogP contribution >= 0.6 is 11.3 Å². The molecule has 21 heavy (non-hydrogen) atoms. The molecule has 0 radical (unpaired) electrons. The Bertz CT molecular complexity index is 687. The van der Waals surface area contributed by atoms with Crippen molar-refractivity contribution in [3.63, 3.8) is 0 Å². The summed E-state index contributed by atoms with van der Waals surface area (Å²) in [4.78, 5) is 23.3. The van der Waals surface area contributed by atoms with E-state index in [0.29, 0.717) is 19.4 Å². The van der Waals surface area contributed by atoms with E-state index in [9.17, 15) is 4.79 Å². The van der Waals surface area contributed by atoms with E-state index in [1.807, 2.05) is 18.2 Å². The zero-order chi connectivity index (χ0) is 14.5. The summed E-state index contributed by atoms with van der Waals surface area (Å²) in [6, 6.07) is 8.04. The molecule has 2 N–H and O–H groups in total. The molecular weight excluding hydrogens is 284 g/mol. The Morgan fingerprint density at radius 1 is 1.29 bits per heavy atom. The summed E-state index contributed by atoms with van der Waals surface area (Å²) in [7, 11) is 0. The first-order chi connectivity index (χ1) is 10.3. The largest absolute Gasteiger partial charge is 0.356 e. The molecule has 0 saturated carbocycles. The van der Waals surface area contributed by atoms with Gasteiger partial charge in [0.15, 0.2) is 0 Å². The predicted molar refractivity (Wildman–Crippen MR) is 83.2 cm³/mol. The van der Waals surface area contributed by atoms with Gasteiger partial charge < -0.3 is 10.3 Å². The minimum absolute atomic E-state index is 0.0637. The second-order valence-corrected chi connectivity index (χ2v) is 5.87. The number of nitrogens with zero attached hydrogens (tertiary/aromatic N) is 2. The van der Waals surface area contributed by atoms with E-state index in [2.05, 4.69) is 26.3 Å². The summed E-state index contributed by atoms with van der Waals surface area (Å²) in [5.74, 6) is 0.0637. The highest BCUT2D eigenvalue weighted by atomic mass is 32.1. The van der Waals surface area contributed by atoms with Crippen LogP contribution in [0, 0.1) is 0 Å². The third-order valence-corrected chi connectivity index (χ3v) is 4.27. The number of aromatic nitrogens is 3. The number of para-hydroxylation sites is 1. The molecule has 0 fully saturated rings. The van der Waals surface area contributed by atoms with Crippen molar-refractivity contribution < 1.29 is 4.79 Å². The number of thiazole rings is 1. The normalized spacial score (nSPS) is 10.9. The van der Waals surface area contributed by atoms with Crippen molar-refractivity contribution in [1.82, 2.24) is 20.3 Å². The van der Waals surface area contributed by atoms with Crippen molar-refractivity contribution in [3.8, 4) is 0 Å². The molecule has 6 heteroatoms. The van der Waals surface area contributed by atoms with Gasteiger partial charge in [0.1, 0.15) is 0 Å². The van der Waals surface area contributed by atoms with Crippen molar-refractivity contribution >= 4 is 27.5 Å². The van der Waals surface area contributed by atoms with Crippen molar-refractivity contribution in [2.75, 3.05) is 6.54 Å². The quantitative estimate of drug-likeness (QED) is 0.734. The van der Waals surface area contributed by atoms with Crippen LogP contribution in [-0.4, -0.2) is 27.4 Å². The predicted octanol–water partition coefficient (Wildman–Crippen LogP) is 2.31. The van der Waals surface area contributed by atoms with Gasteiger partial charge in [-0.15, -0.1) is 11.3 Å². The fourth-order valence-corrected chi connectivity index (χ4v) is 3.06. The zero-order valence-corrected chi connectivity index (χ0v) is 12.3. The smallest absolute Gasteiger partial charge is 0.220 e. The molecular formula is C15H16N4OS. The van der Waals surface area contributed by atoms with E-state index in [4.69, 9.17) is 0 Å². The van der Waals surface area contributed by atoms with Gasteiger partial charge in [0.05, 0.1) is 21.6 Å². The number of carbonyl (C=O) groups excluding carboxylic acids is 1. The fourth-order valence-electron chi connectivity index (χ4n) is 2.09. The van der Waals surface area contributed by atoms with Gasteiger partial charge in [-0.3, -0.25) is 4.79 Å². The summed E-state index contributed by atoms with van der Waals surface area (Å²) in [5.41, 5.74) is 2.04. The number of amides is 1. The van der Waals surface area contributed by atoms with Crippen LogP contribution in [-0.2, 0) is 17.6 Å². The van der Waals surface area contributed by atoms with E-state index in [1.54, 1.807) is 23.9 Å². The van der Waals surface area contributed by atoms with Crippen LogP contribution in [0.4, 0.5) is 0 Å². The van der Waals surface area contributed by atoms with Gasteiger partial charge in [-0.1, -0.05) is 12.1 Å². The average molecular weight is 300 g/mol. The molecule has 0 saturated heterocycles. The lowest BCUT2D eigenvalue weighted by Gasteiger charge is -2.02. The topological polar surface area (TPSA) is 70.7 Å². The van der Waals surface area contributed by atoms with Crippen LogP contribution in [0.5, 0.6) is 0 Å². The monoisotopic (exact) mass is 300 g/mol. The SMILES string of the molecule is O=C(CCc1nc2ccccc2s1)NCCc1cnc[nH]1. The lowest BCUT2D eigenvalue weighted by molar-refractivity contribution is -0.121. The average Bonchev–Trinajstić information content (AvgIpc) is 3.13. The molecule has 0 atom stereocenters. The summed E-state index contributed by atoms with van der Waals surface area (Å²) in [6.45, 7) is 0.626. The minimum Gasteiger partial charge on any atom is -0.356 e. The number of carbonyl (C=O) groups is 1. The molecule has 1 amide bonds. The fraction of sp³-hybridized carbons (Fsp3) is 0.267. The van der Waals surface area contributed by atoms with E-state index < -0.39 is 0 Å². The van der Waals surface area contributed by atoms with Crippen LogP contribution in [0.2, 0.25) is 0 Å². The van der Waals surface area contributed by atoms with E-state index in [0.717, 1.165) is 22.6 Å². The minimum atomic E-state index is 0.0637. The standard InChI is InChI=1S/C15H16N4OS/c20-14(17-8-7-11-9-16-10-18-11)5-6-15-19-12-3-1-2-4-13(12)21-15/h1-4,9-10H,5-8H2,(H,16,18)(H,17,20). The van der Waals surface area contributed by atoms with Crippen LogP contribution in [0.1, 0.15) is 17.1 Å². The van der Waals surface area contributed by atoms with Gasteiger partial charge in [-0.05, 0) is 12.1 Å². The van der Waals surface area contributed by atoms with Gasteiger partial charge in [0, 0.05) is 37.7 Å². The summed E-state index contributed by atoms with van der Waals surface area (Å²) >= 11 is 1.66. The molecule has 0 unspecified atom stereocenters. The molecule has 3 rings (SSSR count). The van der Waals surface area contributed by atoms with Crippen molar-refractivity contribution in [2.24, 2.45) is 0 Å². The number of hydrogen-bond donors (Lipinski definition) is 2. The number of benzene rings is 1.